The van der Waals surface area contributed by atoms with Crippen molar-refractivity contribution >= 4 is 5.82 Å². The second-order valence-electron chi connectivity index (χ2n) is 9.48. The Bertz CT molecular complexity index is 972. The number of fused-ring (bicyclic) bond motifs is 1. The Morgan fingerprint density at radius 1 is 1.16 bits per heavy atom. The molecular formula is C22H28F3N5O. The number of pyridine rings is 1. The lowest BCUT2D eigenvalue weighted by Gasteiger charge is -2.39. The number of alkyl halides is 3. The van der Waals surface area contributed by atoms with E-state index < -0.39 is 17.6 Å². The number of ether oxygens (including phenoxy) is 1. The second kappa shape index (κ2) is 7.20. The molecule has 1 aliphatic heterocycles. The number of nitrogens with zero attached hydrogens (tertiary/aromatic N) is 4. The first-order valence-electron chi connectivity index (χ1n) is 10.9. The molecule has 2 saturated carbocycles. The molecular weight excluding hydrogens is 407 g/mol. The molecule has 4 atom stereocenters. The monoisotopic (exact) mass is 435 g/mol. The number of nitrogens with two attached hydrogens (primary N) is 1. The van der Waals surface area contributed by atoms with Crippen LogP contribution in [0.5, 0.6) is 0 Å². The van der Waals surface area contributed by atoms with Gasteiger partial charge in [0.1, 0.15) is 5.82 Å². The van der Waals surface area contributed by atoms with E-state index in [0.717, 1.165) is 37.8 Å². The van der Waals surface area contributed by atoms with Crippen LogP contribution in [0.1, 0.15) is 49.9 Å². The number of anilines is 1. The topological polar surface area (TPSA) is 69.2 Å². The zero-order chi connectivity index (χ0) is 22.1. The minimum Gasteiger partial charge on any atom is -0.383 e. The van der Waals surface area contributed by atoms with Crippen LogP contribution in [-0.4, -0.2) is 52.0 Å². The van der Waals surface area contributed by atoms with Crippen molar-refractivity contribution in [1.29, 1.82) is 0 Å². The van der Waals surface area contributed by atoms with Gasteiger partial charge in [-0.1, -0.05) is 0 Å². The van der Waals surface area contributed by atoms with E-state index in [2.05, 4.69) is 22.0 Å². The fraction of sp³-hybridized carbons (Fsp3) is 0.636. The molecule has 9 heteroatoms. The molecule has 0 amide bonds. The van der Waals surface area contributed by atoms with Crippen LogP contribution in [0.2, 0.25) is 0 Å². The zero-order valence-corrected chi connectivity index (χ0v) is 17.9. The molecule has 6 nitrogen and oxygen atoms in total. The highest BCUT2D eigenvalue weighted by Crippen LogP contribution is 2.64. The van der Waals surface area contributed by atoms with Gasteiger partial charge >= 0.3 is 6.18 Å². The standard InChI is InChI=1S/C22H28F3N5O/c1-11(2)30-19(20-15-5-13(6-16(15)20)29(3)14-9-31-10-14)7-18(28-30)12-4-17(22(23,24)25)21(26)27-8-12/h4,7-8,11,13-16,20H,5-6,9-10H2,1-3H3,(H2,26,27)/t13-,15+,16-,20-. The second-order valence-corrected chi connectivity index (χ2v) is 9.48. The Balaban J connectivity index is 1.39. The third-order valence-corrected chi connectivity index (χ3v) is 7.31. The minimum atomic E-state index is -4.55. The van der Waals surface area contributed by atoms with E-state index in [1.54, 1.807) is 0 Å². The Labute approximate surface area is 179 Å². The van der Waals surface area contributed by atoms with Crippen molar-refractivity contribution in [3.63, 3.8) is 0 Å². The summed E-state index contributed by atoms with van der Waals surface area (Å²) >= 11 is 0. The smallest absolute Gasteiger partial charge is 0.383 e. The number of rotatable bonds is 5. The molecule has 2 aromatic heterocycles. The molecule has 0 unspecified atom stereocenters. The number of hydrogen-bond acceptors (Lipinski definition) is 5. The van der Waals surface area contributed by atoms with E-state index in [1.807, 2.05) is 24.6 Å². The molecule has 2 N–H and O–H groups in total. The average Bonchev–Trinajstić information content (AvgIpc) is 3.03. The van der Waals surface area contributed by atoms with Crippen LogP contribution in [0.15, 0.2) is 18.3 Å². The summed E-state index contributed by atoms with van der Waals surface area (Å²) in [6, 6.07) is 4.26. The zero-order valence-electron chi connectivity index (χ0n) is 17.9. The number of nitrogen functional groups attached to an aromatic ring is 1. The van der Waals surface area contributed by atoms with E-state index in [-0.39, 0.29) is 6.04 Å². The average molecular weight is 435 g/mol. The summed E-state index contributed by atoms with van der Waals surface area (Å²) in [6.07, 6.45) is -0.859. The van der Waals surface area contributed by atoms with E-state index in [4.69, 9.17) is 10.5 Å². The van der Waals surface area contributed by atoms with Crippen molar-refractivity contribution in [1.82, 2.24) is 19.7 Å². The van der Waals surface area contributed by atoms with Crippen molar-refractivity contribution in [2.45, 2.75) is 56.9 Å². The molecule has 3 aliphatic rings. The lowest BCUT2D eigenvalue weighted by Crippen LogP contribution is -2.51. The first-order valence-corrected chi connectivity index (χ1v) is 10.9. The third kappa shape index (κ3) is 3.51. The number of likely N-dealkylation sites (N-methyl/N-ethyl adjacent to an activating group) is 1. The van der Waals surface area contributed by atoms with Crippen molar-refractivity contribution in [3.05, 3.63) is 29.6 Å². The molecule has 5 rings (SSSR count). The number of halogens is 3. The first kappa shape index (κ1) is 20.8. The Morgan fingerprint density at radius 2 is 1.84 bits per heavy atom. The van der Waals surface area contributed by atoms with Gasteiger partial charge < -0.3 is 10.5 Å². The third-order valence-electron chi connectivity index (χ3n) is 7.31. The molecule has 3 fully saturated rings. The molecule has 2 aromatic rings. The molecule has 2 aliphatic carbocycles. The van der Waals surface area contributed by atoms with E-state index in [1.165, 1.54) is 6.20 Å². The Kier molecular flexibility index (Phi) is 4.82. The van der Waals surface area contributed by atoms with Crippen LogP contribution in [0.25, 0.3) is 11.3 Å². The minimum absolute atomic E-state index is 0.125. The summed E-state index contributed by atoms with van der Waals surface area (Å²) in [5, 5.41) is 4.67. The summed E-state index contributed by atoms with van der Waals surface area (Å²) in [7, 11) is 2.19. The van der Waals surface area contributed by atoms with E-state index in [0.29, 0.717) is 41.1 Å². The fourth-order valence-corrected chi connectivity index (χ4v) is 5.40. The number of aromatic nitrogens is 3. The van der Waals surface area contributed by atoms with Crippen molar-refractivity contribution in [2.75, 3.05) is 26.0 Å². The van der Waals surface area contributed by atoms with Crippen LogP contribution in [0.4, 0.5) is 19.0 Å². The quantitative estimate of drug-likeness (QED) is 0.770. The predicted molar refractivity (Wildman–Crippen MR) is 110 cm³/mol. The summed E-state index contributed by atoms with van der Waals surface area (Å²) < 4.78 is 47.2. The SMILES string of the molecule is CC(C)n1nc(-c2cnc(N)c(C(F)(F)F)c2)cc1[C@H]1[C@@H]2C[C@H](N(C)C3COC3)C[C@@H]21. The van der Waals surface area contributed by atoms with Gasteiger partial charge in [0.25, 0.3) is 0 Å². The van der Waals surface area contributed by atoms with Gasteiger partial charge in [0.05, 0.1) is 30.5 Å². The molecule has 0 bridgehead atoms. The van der Waals surface area contributed by atoms with Crippen molar-refractivity contribution in [3.8, 4) is 11.3 Å². The highest BCUT2D eigenvalue weighted by atomic mass is 19.4. The molecule has 0 radical (unpaired) electrons. The molecule has 1 saturated heterocycles. The first-order chi connectivity index (χ1) is 14.6. The molecule has 3 heterocycles. The van der Waals surface area contributed by atoms with Crippen LogP contribution >= 0.6 is 0 Å². The van der Waals surface area contributed by atoms with Gasteiger partial charge in [0.15, 0.2) is 0 Å². The maximum atomic E-state index is 13.3. The van der Waals surface area contributed by atoms with Gasteiger partial charge in [-0.25, -0.2) is 4.98 Å². The molecule has 168 valence electrons. The van der Waals surface area contributed by atoms with Gasteiger partial charge in [0, 0.05) is 35.5 Å². The largest absolute Gasteiger partial charge is 0.419 e. The summed E-state index contributed by atoms with van der Waals surface area (Å²) in [5.74, 6) is 1.15. The summed E-state index contributed by atoms with van der Waals surface area (Å²) in [5.41, 5.74) is 6.53. The normalized spacial score (nSPS) is 28.3. The molecule has 0 aromatic carbocycles. The summed E-state index contributed by atoms with van der Waals surface area (Å²) in [4.78, 5) is 6.24. The van der Waals surface area contributed by atoms with Gasteiger partial charge in [-0.2, -0.15) is 18.3 Å². The van der Waals surface area contributed by atoms with Crippen molar-refractivity contribution < 1.29 is 17.9 Å². The molecule has 0 spiro atoms. The van der Waals surface area contributed by atoms with Gasteiger partial charge in [0.2, 0.25) is 0 Å². The van der Waals surface area contributed by atoms with Crippen LogP contribution in [-0.2, 0) is 10.9 Å². The van der Waals surface area contributed by atoms with E-state index >= 15 is 0 Å². The van der Waals surface area contributed by atoms with E-state index in [9.17, 15) is 13.2 Å². The Morgan fingerprint density at radius 3 is 2.39 bits per heavy atom. The lowest BCUT2D eigenvalue weighted by atomic mass is 10.0. The lowest BCUT2D eigenvalue weighted by molar-refractivity contribution is -0.137. The highest BCUT2D eigenvalue weighted by Gasteiger charge is 2.59. The maximum absolute atomic E-state index is 13.3. The van der Waals surface area contributed by atoms with Crippen LogP contribution in [0, 0.1) is 11.8 Å². The fourth-order valence-electron chi connectivity index (χ4n) is 5.40. The highest BCUT2D eigenvalue weighted by molar-refractivity contribution is 5.63. The summed E-state index contributed by atoms with van der Waals surface area (Å²) in [6.45, 7) is 5.75. The molecule has 31 heavy (non-hydrogen) atoms. The van der Waals surface area contributed by atoms with Gasteiger partial charge in [-0.05, 0) is 57.7 Å². The predicted octanol–water partition coefficient (Wildman–Crippen LogP) is 3.95. The maximum Gasteiger partial charge on any atom is 0.419 e. The Hall–Kier alpha value is -2.13. The van der Waals surface area contributed by atoms with Crippen LogP contribution < -0.4 is 5.73 Å². The van der Waals surface area contributed by atoms with Gasteiger partial charge in [-0.3, -0.25) is 9.58 Å². The number of hydrogen-bond donors (Lipinski definition) is 1. The van der Waals surface area contributed by atoms with Crippen molar-refractivity contribution in [2.24, 2.45) is 11.8 Å². The van der Waals surface area contributed by atoms with Gasteiger partial charge in [-0.15, -0.1) is 0 Å². The van der Waals surface area contributed by atoms with Crippen LogP contribution in [0.3, 0.4) is 0 Å².